The Bertz CT molecular complexity index is 708. The summed E-state index contributed by atoms with van der Waals surface area (Å²) in [5.74, 6) is 1.23. The predicted octanol–water partition coefficient (Wildman–Crippen LogP) is 1.91. The number of urea groups is 1. The van der Waals surface area contributed by atoms with E-state index in [2.05, 4.69) is 15.3 Å². The summed E-state index contributed by atoms with van der Waals surface area (Å²) in [5.41, 5.74) is 1.08. The minimum atomic E-state index is -0.0666. The average molecular weight is 341 g/mol. The summed E-state index contributed by atoms with van der Waals surface area (Å²) in [6.45, 7) is 1.75. The number of benzene rings is 1. The summed E-state index contributed by atoms with van der Waals surface area (Å²) in [5, 5.41) is 2.95. The molecule has 0 saturated carbocycles. The van der Waals surface area contributed by atoms with Gasteiger partial charge in [-0.25, -0.2) is 4.79 Å². The highest BCUT2D eigenvalue weighted by Gasteiger charge is 2.28. The fraction of sp³-hybridized carbons (Fsp3) is 0.389. The number of carbonyl (C=O) groups is 1. The number of anilines is 1. The molecule has 7 nitrogen and oxygen atoms in total. The summed E-state index contributed by atoms with van der Waals surface area (Å²) in [4.78, 5) is 24.5. The van der Waals surface area contributed by atoms with Crippen molar-refractivity contribution in [1.82, 2.24) is 20.2 Å². The lowest BCUT2D eigenvalue weighted by molar-refractivity contribution is 0.182. The van der Waals surface area contributed by atoms with Crippen LogP contribution in [0.4, 0.5) is 10.6 Å². The third-order valence-electron chi connectivity index (χ3n) is 4.06. The minimum absolute atomic E-state index is 0.0609. The van der Waals surface area contributed by atoms with Crippen LogP contribution in [0.1, 0.15) is 12.0 Å². The van der Waals surface area contributed by atoms with Crippen LogP contribution < -0.4 is 15.0 Å². The minimum Gasteiger partial charge on any atom is -0.471 e. The Hall–Kier alpha value is -2.83. The number of amides is 2. The third-order valence-corrected chi connectivity index (χ3v) is 4.06. The molecule has 1 fully saturated rings. The number of nitrogens with zero attached hydrogens (tertiary/aromatic N) is 4. The Balaban J connectivity index is 1.49. The van der Waals surface area contributed by atoms with Gasteiger partial charge in [0.05, 0.1) is 18.9 Å². The first-order chi connectivity index (χ1) is 12.1. The zero-order valence-electron chi connectivity index (χ0n) is 14.6. The monoisotopic (exact) mass is 341 g/mol. The van der Waals surface area contributed by atoms with Gasteiger partial charge in [-0.2, -0.15) is 4.98 Å². The van der Waals surface area contributed by atoms with Crippen molar-refractivity contribution in [3.05, 3.63) is 48.3 Å². The van der Waals surface area contributed by atoms with E-state index < -0.39 is 0 Å². The first kappa shape index (κ1) is 17.0. The molecule has 1 saturated heterocycles. The molecule has 2 heterocycles. The Kier molecular flexibility index (Phi) is 5.33. The van der Waals surface area contributed by atoms with Crippen LogP contribution in [0, 0.1) is 0 Å². The molecule has 3 rings (SSSR count). The van der Waals surface area contributed by atoms with Gasteiger partial charge in [0.1, 0.15) is 6.10 Å². The highest BCUT2D eigenvalue weighted by atomic mass is 16.5. The van der Waals surface area contributed by atoms with Crippen LogP contribution in [-0.2, 0) is 6.54 Å². The van der Waals surface area contributed by atoms with Crippen molar-refractivity contribution < 1.29 is 9.53 Å². The zero-order chi connectivity index (χ0) is 17.6. The lowest BCUT2D eigenvalue weighted by Crippen LogP contribution is -2.39. The molecule has 2 amide bonds. The molecule has 1 N–H and O–H groups in total. The Morgan fingerprint density at radius 2 is 2.12 bits per heavy atom. The van der Waals surface area contributed by atoms with Gasteiger partial charge < -0.3 is 19.9 Å². The number of rotatable bonds is 5. The number of hydrogen-bond acceptors (Lipinski definition) is 5. The topological polar surface area (TPSA) is 70.6 Å². The number of aromatic nitrogens is 2. The fourth-order valence-electron chi connectivity index (χ4n) is 2.68. The molecule has 0 aliphatic carbocycles. The van der Waals surface area contributed by atoms with E-state index in [1.807, 2.05) is 49.3 Å². The summed E-state index contributed by atoms with van der Waals surface area (Å²) in [6.07, 6.45) is 4.01. The smallest absolute Gasteiger partial charge is 0.317 e. The number of carbonyl (C=O) groups excluding carboxylic acids is 1. The van der Waals surface area contributed by atoms with E-state index in [1.54, 1.807) is 17.3 Å². The summed E-state index contributed by atoms with van der Waals surface area (Å²) in [6, 6.07) is 9.80. The van der Waals surface area contributed by atoms with Crippen molar-refractivity contribution in [3.8, 4) is 5.88 Å². The molecule has 1 atom stereocenters. The molecule has 0 radical (unpaired) electrons. The van der Waals surface area contributed by atoms with Gasteiger partial charge in [-0.1, -0.05) is 30.3 Å². The van der Waals surface area contributed by atoms with Gasteiger partial charge in [0.2, 0.25) is 5.88 Å². The first-order valence-electron chi connectivity index (χ1n) is 8.34. The van der Waals surface area contributed by atoms with E-state index in [0.717, 1.165) is 17.8 Å². The maximum absolute atomic E-state index is 12.3. The van der Waals surface area contributed by atoms with E-state index >= 15 is 0 Å². The van der Waals surface area contributed by atoms with Gasteiger partial charge in [-0.05, 0) is 5.56 Å². The molecule has 1 aliphatic heterocycles. The zero-order valence-corrected chi connectivity index (χ0v) is 14.6. The van der Waals surface area contributed by atoms with E-state index in [9.17, 15) is 4.79 Å². The van der Waals surface area contributed by atoms with Crippen LogP contribution in [0.25, 0.3) is 0 Å². The van der Waals surface area contributed by atoms with Gasteiger partial charge in [-0.3, -0.25) is 4.98 Å². The van der Waals surface area contributed by atoms with Crippen LogP contribution in [-0.4, -0.2) is 54.2 Å². The largest absolute Gasteiger partial charge is 0.471 e. The molecule has 0 unspecified atom stereocenters. The highest BCUT2D eigenvalue weighted by Crippen LogP contribution is 2.18. The second-order valence-electron chi connectivity index (χ2n) is 6.23. The molecule has 1 aromatic heterocycles. The number of hydrogen-bond donors (Lipinski definition) is 1. The van der Waals surface area contributed by atoms with Crippen molar-refractivity contribution in [2.24, 2.45) is 0 Å². The normalized spacial score (nSPS) is 16.6. The predicted molar refractivity (Wildman–Crippen MR) is 95.6 cm³/mol. The molecule has 0 spiro atoms. The van der Waals surface area contributed by atoms with Crippen LogP contribution in [0.3, 0.4) is 0 Å². The summed E-state index contributed by atoms with van der Waals surface area (Å²) in [7, 11) is 3.81. The van der Waals surface area contributed by atoms with Crippen LogP contribution in [0.2, 0.25) is 0 Å². The van der Waals surface area contributed by atoms with Gasteiger partial charge in [0.15, 0.2) is 5.82 Å². The van der Waals surface area contributed by atoms with Crippen molar-refractivity contribution >= 4 is 11.8 Å². The molecule has 25 heavy (non-hydrogen) atoms. The molecule has 1 aromatic carbocycles. The van der Waals surface area contributed by atoms with Crippen LogP contribution in [0.15, 0.2) is 42.7 Å². The molecule has 7 heteroatoms. The van der Waals surface area contributed by atoms with E-state index in [1.165, 1.54) is 0 Å². The summed E-state index contributed by atoms with van der Waals surface area (Å²) < 4.78 is 5.89. The fourth-order valence-corrected chi connectivity index (χ4v) is 2.68. The van der Waals surface area contributed by atoms with Crippen molar-refractivity contribution in [1.29, 1.82) is 0 Å². The van der Waals surface area contributed by atoms with Gasteiger partial charge in [-0.15, -0.1) is 0 Å². The third kappa shape index (κ3) is 4.59. The standard InChI is InChI=1S/C18H23N5O2/c1-22(2)16-11-19-12-17(21-16)25-15-8-9-23(13-15)18(24)20-10-14-6-4-3-5-7-14/h3-7,11-12,15H,8-10,13H2,1-2H3,(H,20,24)/t15-/m1/s1. The Morgan fingerprint density at radius 3 is 2.88 bits per heavy atom. The molecular weight excluding hydrogens is 318 g/mol. The van der Waals surface area contributed by atoms with Gasteiger partial charge in [0, 0.05) is 33.6 Å². The van der Waals surface area contributed by atoms with Gasteiger partial charge >= 0.3 is 6.03 Å². The highest BCUT2D eigenvalue weighted by molar-refractivity contribution is 5.74. The SMILES string of the molecule is CN(C)c1cncc(O[C@@H]2CCN(C(=O)NCc3ccccc3)C2)n1. The Labute approximate surface area is 147 Å². The number of nitrogens with one attached hydrogen (secondary N) is 1. The quantitative estimate of drug-likeness (QED) is 0.899. The molecular formula is C18H23N5O2. The maximum atomic E-state index is 12.3. The van der Waals surface area contributed by atoms with E-state index in [-0.39, 0.29) is 12.1 Å². The van der Waals surface area contributed by atoms with E-state index in [0.29, 0.717) is 25.5 Å². The summed E-state index contributed by atoms with van der Waals surface area (Å²) >= 11 is 0. The molecule has 132 valence electrons. The lowest BCUT2D eigenvalue weighted by atomic mass is 10.2. The van der Waals surface area contributed by atoms with Crippen LogP contribution >= 0.6 is 0 Å². The number of likely N-dealkylation sites (tertiary alicyclic amines) is 1. The van der Waals surface area contributed by atoms with Crippen LogP contribution in [0.5, 0.6) is 5.88 Å². The molecule has 1 aliphatic rings. The number of ether oxygens (including phenoxy) is 1. The van der Waals surface area contributed by atoms with E-state index in [4.69, 9.17) is 4.74 Å². The lowest BCUT2D eigenvalue weighted by Gasteiger charge is -2.18. The molecule has 2 aromatic rings. The average Bonchev–Trinajstić information content (AvgIpc) is 3.09. The van der Waals surface area contributed by atoms with Gasteiger partial charge in [0.25, 0.3) is 0 Å². The van der Waals surface area contributed by atoms with Crippen molar-refractivity contribution in [2.75, 3.05) is 32.1 Å². The molecule has 0 bridgehead atoms. The first-order valence-corrected chi connectivity index (χ1v) is 8.34. The second-order valence-corrected chi connectivity index (χ2v) is 6.23. The van der Waals surface area contributed by atoms with Crippen molar-refractivity contribution in [2.45, 2.75) is 19.1 Å². The van der Waals surface area contributed by atoms with Crippen molar-refractivity contribution in [3.63, 3.8) is 0 Å². The maximum Gasteiger partial charge on any atom is 0.317 e. The Morgan fingerprint density at radius 1 is 1.32 bits per heavy atom. The second kappa shape index (κ2) is 7.83.